The molecule has 3 rings (SSSR count). The molecule has 0 fully saturated rings. The van der Waals surface area contributed by atoms with Gasteiger partial charge in [0.2, 0.25) is 0 Å². The topological polar surface area (TPSA) is 17.3 Å². The Bertz CT molecular complexity index is 706. The summed E-state index contributed by atoms with van der Waals surface area (Å²) in [5.41, 5.74) is 5.10. The largest absolute Gasteiger partial charge is 0.333 e. The minimum Gasteiger partial charge on any atom is -0.333 e. The first-order valence-electron chi connectivity index (χ1n) is 8.17. The molecule has 2 aromatic carbocycles. The molecular formula is C21H23N2+. The van der Waals surface area contributed by atoms with E-state index in [-0.39, 0.29) is 0 Å². The van der Waals surface area contributed by atoms with Crippen LogP contribution in [0.5, 0.6) is 0 Å². The zero-order valence-corrected chi connectivity index (χ0v) is 13.6. The Morgan fingerprint density at radius 2 is 1.48 bits per heavy atom. The third-order valence-corrected chi connectivity index (χ3v) is 4.10. The van der Waals surface area contributed by atoms with Crippen molar-refractivity contribution in [3.63, 3.8) is 0 Å². The highest BCUT2D eigenvalue weighted by molar-refractivity contribution is 5.63. The fourth-order valence-corrected chi connectivity index (χ4v) is 2.77. The molecule has 0 aliphatic carbocycles. The summed E-state index contributed by atoms with van der Waals surface area (Å²) in [5.74, 6) is 0. The van der Waals surface area contributed by atoms with Gasteiger partial charge in [0, 0.05) is 23.9 Å². The summed E-state index contributed by atoms with van der Waals surface area (Å²) in [4.78, 5) is 5.89. The van der Waals surface area contributed by atoms with Crippen LogP contribution in [0.3, 0.4) is 0 Å². The Morgan fingerprint density at radius 1 is 0.783 bits per heavy atom. The third-order valence-electron chi connectivity index (χ3n) is 4.10. The molecule has 0 saturated heterocycles. The molecule has 0 aliphatic heterocycles. The lowest BCUT2D eigenvalue weighted by Gasteiger charge is -2.14. The second-order valence-electron chi connectivity index (χ2n) is 6.02. The fraction of sp³-hybridized carbons (Fsp3) is 0.190. The van der Waals surface area contributed by atoms with Gasteiger partial charge < -0.3 is 4.90 Å². The van der Waals surface area contributed by atoms with Gasteiger partial charge in [0.15, 0.2) is 0 Å². The van der Waals surface area contributed by atoms with Crippen LogP contribution in [0.15, 0.2) is 79.0 Å². The van der Waals surface area contributed by atoms with Crippen LogP contribution in [0.2, 0.25) is 0 Å². The predicted octanol–water partition coefficient (Wildman–Crippen LogP) is 3.01. The van der Waals surface area contributed by atoms with Crippen molar-refractivity contribution < 1.29 is 4.90 Å². The zero-order valence-electron chi connectivity index (χ0n) is 13.6. The number of hydrogen-bond donors (Lipinski definition) is 1. The van der Waals surface area contributed by atoms with E-state index in [2.05, 4.69) is 78.8 Å². The van der Waals surface area contributed by atoms with Gasteiger partial charge in [0.1, 0.15) is 6.54 Å². The van der Waals surface area contributed by atoms with Crippen molar-refractivity contribution in [2.45, 2.75) is 13.0 Å². The van der Waals surface area contributed by atoms with E-state index in [0.717, 1.165) is 19.5 Å². The highest BCUT2D eigenvalue weighted by Gasteiger charge is 2.05. The van der Waals surface area contributed by atoms with Gasteiger partial charge in [-0.3, -0.25) is 4.98 Å². The van der Waals surface area contributed by atoms with E-state index in [1.807, 2.05) is 12.3 Å². The lowest BCUT2D eigenvalue weighted by molar-refractivity contribution is -0.893. The molecule has 0 radical (unpaired) electrons. The molecule has 1 heterocycles. The maximum absolute atomic E-state index is 4.39. The van der Waals surface area contributed by atoms with Crippen LogP contribution < -0.4 is 4.90 Å². The van der Waals surface area contributed by atoms with E-state index in [4.69, 9.17) is 0 Å². The smallest absolute Gasteiger partial charge is 0.103 e. The minimum absolute atomic E-state index is 1.02. The molecule has 1 aromatic heterocycles. The molecule has 1 unspecified atom stereocenters. The zero-order chi connectivity index (χ0) is 15.9. The predicted molar refractivity (Wildman–Crippen MR) is 95.3 cm³/mol. The second-order valence-corrected chi connectivity index (χ2v) is 6.02. The summed E-state index contributed by atoms with van der Waals surface area (Å²) in [6.45, 7) is 2.14. The molecule has 0 amide bonds. The van der Waals surface area contributed by atoms with Gasteiger partial charge in [-0.1, -0.05) is 60.7 Å². The number of benzene rings is 2. The molecular weight excluding hydrogens is 280 g/mol. The number of quaternary nitrogens is 1. The third kappa shape index (κ3) is 4.51. The minimum atomic E-state index is 1.02. The lowest BCUT2D eigenvalue weighted by Crippen LogP contribution is -3.07. The maximum atomic E-state index is 4.39. The van der Waals surface area contributed by atoms with Crippen LogP contribution in [0.1, 0.15) is 11.3 Å². The molecule has 0 aliphatic rings. The number of hydrogen-bond acceptors (Lipinski definition) is 1. The van der Waals surface area contributed by atoms with Gasteiger partial charge in [0.05, 0.1) is 13.6 Å². The van der Waals surface area contributed by atoms with Gasteiger partial charge in [-0.05, 0) is 23.3 Å². The van der Waals surface area contributed by atoms with Gasteiger partial charge in [-0.15, -0.1) is 0 Å². The molecule has 2 heteroatoms. The average molecular weight is 303 g/mol. The van der Waals surface area contributed by atoms with Crippen molar-refractivity contribution in [2.24, 2.45) is 0 Å². The van der Waals surface area contributed by atoms with Crippen LogP contribution in [-0.2, 0) is 13.0 Å². The Hall–Kier alpha value is -2.45. The van der Waals surface area contributed by atoms with Gasteiger partial charge in [0.25, 0.3) is 0 Å². The van der Waals surface area contributed by atoms with E-state index >= 15 is 0 Å². The van der Waals surface area contributed by atoms with Gasteiger partial charge in [-0.25, -0.2) is 0 Å². The first-order chi connectivity index (χ1) is 11.3. The maximum Gasteiger partial charge on any atom is 0.103 e. The Labute approximate surface area is 138 Å². The van der Waals surface area contributed by atoms with Crippen LogP contribution in [0.25, 0.3) is 11.1 Å². The number of aromatic nitrogens is 1. The molecule has 0 saturated carbocycles. The van der Waals surface area contributed by atoms with Crippen molar-refractivity contribution in [1.29, 1.82) is 0 Å². The molecule has 0 bridgehead atoms. The quantitative estimate of drug-likeness (QED) is 0.741. The van der Waals surface area contributed by atoms with Crippen LogP contribution in [0, 0.1) is 0 Å². The number of nitrogens with zero attached hydrogens (tertiary/aromatic N) is 1. The Kier molecular flexibility index (Phi) is 5.17. The Balaban J connectivity index is 1.55. The fourth-order valence-electron chi connectivity index (χ4n) is 2.77. The Morgan fingerprint density at radius 3 is 2.17 bits per heavy atom. The summed E-state index contributed by atoms with van der Waals surface area (Å²) in [6.07, 6.45) is 2.89. The summed E-state index contributed by atoms with van der Waals surface area (Å²) in [7, 11) is 2.24. The SMILES string of the molecule is C[NH+](CCc1ccccn1)Cc1ccc(-c2ccccc2)cc1. The van der Waals surface area contributed by atoms with E-state index in [0.29, 0.717) is 0 Å². The van der Waals surface area contributed by atoms with Crippen molar-refractivity contribution in [3.05, 3.63) is 90.3 Å². The highest BCUT2D eigenvalue weighted by Crippen LogP contribution is 2.18. The van der Waals surface area contributed by atoms with Gasteiger partial charge >= 0.3 is 0 Å². The molecule has 116 valence electrons. The summed E-state index contributed by atoms with van der Waals surface area (Å²) in [6, 6.07) is 25.6. The molecule has 2 nitrogen and oxygen atoms in total. The highest BCUT2D eigenvalue weighted by atomic mass is 15.1. The number of nitrogens with one attached hydrogen (secondary N) is 1. The second kappa shape index (κ2) is 7.70. The summed E-state index contributed by atoms with van der Waals surface area (Å²) in [5, 5.41) is 0. The summed E-state index contributed by atoms with van der Waals surface area (Å²) < 4.78 is 0. The van der Waals surface area contributed by atoms with E-state index in [1.165, 1.54) is 27.3 Å². The van der Waals surface area contributed by atoms with E-state index < -0.39 is 0 Å². The molecule has 0 spiro atoms. The first kappa shape index (κ1) is 15.4. The van der Waals surface area contributed by atoms with Crippen LogP contribution in [0.4, 0.5) is 0 Å². The van der Waals surface area contributed by atoms with Crippen LogP contribution in [-0.4, -0.2) is 18.6 Å². The normalized spacial score (nSPS) is 12.0. The lowest BCUT2D eigenvalue weighted by atomic mass is 10.0. The van der Waals surface area contributed by atoms with Crippen molar-refractivity contribution in [1.82, 2.24) is 4.98 Å². The molecule has 1 atom stereocenters. The monoisotopic (exact) mass is 303 g/mol. The average Bonchev–Trinajstić information content (AvgIpc) is 2.62. The number of pyridine rings is 1. The van der Waals surface area contributed by atoms with Crippen molar-refractivity contribution >= 4 is 0 Å². The van der Waals surface area contributed by atoms with Crippen LogP contribution >= 0.6 is 0 Å². The number of rotatable bonds is 6. The molecule has 1 N–H and O–H groups in total. The molecule has 3 aromatic rings. The van der Waals surface area contributed by atoms with Crippen molar-refractivity contribution in [2.75, 3.05) is 13.6 Å². The van der Waals surface area contributed by atoms with E-state index in [1.54, 1.807) is 0 Å². The first-order valence-corrected chi connectivity index (χ1v) is 8.17. The summed E-state index contributed by atoms with van der Waals surface area (Å²) >= 11 is 0. The van der Waals surface area contributed by atoms with E-state index in [9.17, 15) is 0 Å². The number of likely N-dealkylation sites (N-methyl/N-ethyl adjacent to an activating group) is 1. The van der Waals surface area contributed by atoms with Crippen molar-refractivity contribution in [3.8, 4) is 11.1 Å². The molecule has 23 heavy (non-hydrogen) atoms. The standard InChI is InChI=1S/C21H22N2/c1-23(16-14-21-9-5-6-15-22-21)17-18-10-12-20(13-11-18)19-7-3-2-4-8-19/h2-13,15H,14,16-17H2,1H3/p+1. The van der Waals surface area contributed by atoms with Gasteiger partial charge in [-0.2, -0.15) is 0 Å².